The van der Waals surface area contributed by atoms with E-state index in [2.05, 4.69) is 45.7 Å². The molecule has 0 bridgehead atoms. The minimum Gasteiger partial charge on any atom is -0.495 e. The fourth-order valence-electron chi connectivity index (χ4n) is 2.58. The van der Waals surface area contributed by atoms with Crippen LogP contribution in [0.4, 0.5) is 23.1 Å². The Labute approximate surface area is 163 Å². The molecule has 0 saturated carbocycles. The quantitative estimate of drug-likeness (QED) is 0.604. The van der Waals surface area contributed by atoms with Gasteiger partial charge >= 0.3 is 0 Å². The average Bonchev–Trinajstić information content (AvgIpc) is 2.66. The molecule has 2 aromatic carbocycles. The zero-order valence-electron chi connectivity index (χ0n) is 15.6. The van der Waals surface area contributed by atoms with Crippen LogP contribution in [0.5, 0.6) is 11.5 Å². The Balaban J connectivity index is 1.87. The molecule has 3 rings (SSSR count). The first-order valence-electron chi connectivity index (χ1n) is 8.36. The van der Waals surface area contributed by atoms with Crippen molar-refractivity contribution >= 4 is 34.7 Å². The second-order valence-electron chi connectivity index (χ2n) is 6.02. The van der Waals surface area contributed by atoms with E-state index in [-0.39, 0.29) is 0 Å². The Morgan fingerprint density at radius 3 is 2.41 bits per heavy atom. The molecule has 0 aliphatic rings. The van der Waals surface area contributed by atoms with Crippen LogP contribution in [-0.2, 0) is 0 Å². The summed E-state index contributed by atoms with van der Waals surface area (Å²) in [6.45, 7) is 4.10. The topological polar surface area (TPSA) is 68.3 Å². The highest BCUT2D eigenvalue weighted by atomic mass is 35.5. The van der Waals surface area contributed by atoms with Crippen molar-refractivity contribution in [1.82, 2.24) is 9.97 Å². The first-order chi connectivity index (χ1) is 13.0. The SMILES string of the molecule is COc1cc(Nc2nccc(Nc3cc(C)ccc3C)n2)c(OC)cc1Cl. The number of methoxy groups -OCH3 is 2. The number of rotatable bonds is 6. The largest absolute Gasteiger partial charge is 0.495 e. The van der Waals surface area contributed by atoms with Crippen LogP contribution in [0.2, 0.25) is 5.02 Å². The lowest BCUT2D eigenvalue weighted by Crippen LogP contribution is -2.03. The van der Waals surface area contributed by atoms with Crippen LogP contribution >= 0.6 is 11.6 Å². The summed E-state index contributed by atoms with van der Waals surface area (Å²) in [6, 6.07) is 11.5. The second kappa shape index (κ2) is 8.14. The first kappa shape index (κ1) is 18.8. The van der Waals surface area contributed by atoms with Crippen LogP contribution in [-0.4, -0.2) is 24.2 Å². The first-order valence-corrected chi connectivity index (χ1v) is 8.74. The summed E-state index contributed by atoms with van der Waals surface area (Å²) in [6.07, 6.45) is 1.68. The zero-order valence-corrected chi connectivity index (χ0v) is 16.4. The third-order valence-electron chi connectivity index (χ3n) is 4.03. The highest BCUT2D eigenvalue weighted by Gasteiger charge is 2.11. The molecule has 1 heterocycles. The number of ether oxygens (including phenoxy) is 2. The van der Waals surface area contributed by atoms with E-state index in [4.69, 9.17) is 21.1 Å². The highest BCUT2D eigenvalue weighted by molar-refractivity contribution is 6.32. The number of nitrogens with zero attached hydrogens (tertiary/aromatic N) is 2. The lowest BCUT2D eigenvalue weighted by atomic mass is 10.1. The minimum absolute atomic E-state index is 0.424. The number of aryl methyl sites for hydroxylation is 2. The molecule has 0 radical (unpaired) electrons. The molecular formula is C20H21ClN4O2. The standard InChI is InChI=1S/C20H21ClN4O2/c1-12-5-6-13(2)15(9-12)23-19-7-8-22-20(25-19)24-16-11-17(26-3)14(21)10-18(16)27-4/h5-11H,1-4H3,(H2,22,23,24,25). The summed E-state index contributed by atoms with van der Waals surface area (Å²) < 4.78 is 10.6. The fourth-order valence-corrected chi connectivity index (χ4v) is 2.81. The van der Waals surface area contributed by atoms with Gasteiger partial charge in [0.15, 0.2) is 0 Å². The number of anilines is 4. The van der Waals surface area contributed by atoms with E-state index in [1.54, 1.807) is 32.5 Å². The number of aromatic nitrogens is 2. The Bertz CT molecular complexity index is 963. The zero-order chi connectivity index (χ0) is 19.4. The molecule has 6 nitrogen and oxygen atoms in total. The minimum atomic E-state index is 0.424. The maximum Gasteiger partial charge on any atom is 0.229 e. The monoisotopic (exact) mass is 384 g/mol. The van der Waals surface area contributed by atoms with Gasteiger partial charge in [-0.25, -0.2) is 4.98 Å². The van der Waals surface area contributed by atoms with Crippen molar-refractivity contribution in [3.8, 4) is 11.5 Å². The van der Waals surface area contributed by atoms with Crippen molar-refractivity contribution in [2.24, 2.45) is 0 Å². The van der Waals surface area contributed by atoms with Gasteiger partial charge in [-0.05, 0) is 37.1 Å². The van der Waals surface area contributed by atoms with Gasteiger partial charge in [0.25, 0.3) is 0 Å². The normalized spacial score (nSPS) is 10.4. The van der Waals surface area contributed by atoms with E-state index in [0.29, 0.717) is 34.0 Å². The van der Waals surface area contributed by atoms with Gasteiger partial charge in [0.05, 0.1) is 24.9 Å². The number of hydrogen-bond acceptors (Lipinski definition) is 6. The van der Waals surface area contributed by atoms with Crippen molar-refractivity contribution in [2.75, 3.05) is 24.9 Å². The van der Waals surface area contributed by atoms with Crippen molar-refractivity contribution in [3.05, 3.63) is 58.7 Å². The maximum absolute atomic E-state index is 6.15. The molecule has 1 aromatic heterocycles. The van der Waals surface area contributed by atoms with Crippen LogP contribution in [0.3, 0.4) is 0 Å². The van der Waals surface area contributed by atoms with Gasteiger partial charge < -0.3 is 20.1 Å². The molecule has 0 unspecified atom stereocenters. The van der Waals surface area contributed by atoms with Gasteiger partial charge in [0.2, 0.25) is 5.95 Å². The summed E-state index contributed by atoms with van der Waals surface area (Å²) in [5, 5.41) is 6.95. The number of nitrogens with one attached hydrogen (secondary N) is 2. The predicted molar refractivity (Wildman–Crippen MR) is 109 cm³/mol. The summed E-state index contributed by atoms with van der Waals surface area (Å²) in [5.74, 6) is 2.20. The van der Waals surface area contributed by atoms with Gasteiger partial charge in [0, 0.05) is 24.0 Å². The van der Waals surface area contributed by atoms with Crippen LogP contribution < -0.4 is 20.1 Å². The van der Waals surface area contributed by atoms with Crippen LogP contribution in [0.25, 0.3) is 0 Å². The fraction of sp³-hybridized carbons (Fsp3) is 0.200. The number of benzene rings is 2. The van der Waals surface area contributed by atoms with Gasteiger partial charge in [-0.2, -0.15) is 4.98 Å². The third kappa shape index (κ3) is 4.41. The summed E-state index contributed by atoms with van der Waals surface area (Å²) >= 11 is 6.15. The highest BCUT2D eigenvalue weighted by Crippen LogP contribution is 2.37. The molecule has 0 aliphatic carbocycles. The van der Waals surface area contributed by atoms with Crippen molar-refractivity contribution in [3.63, 3.8) is 0 Å². The van der Waals surface area contributed by atoms with Crippen molar-refractivity contribution < 1.29 is 9.47 Å². The molecule has 7 heteroatoms. The van der Waals surface area contributed by atoms with Gasteiger partial charge in [-0.1, -0.05) is 23.7 Å². The van der Waals surface area contributed by atoms with Gasteiger partial charge in [-0.3, -0.25) is 0 Å². The molecule has 0 aliphatic heterocycles. The van der Waals surface area contributed by atoms with E-state index in [9.17, 15) is 0 Å². The Hall–Kier alpha value is -2.99. The van der Waals surface area contributed by atoms with Crippen LogP contribution in [0.1, 0.15) is 11.1 Å². The third-order valence-corrected chi connectivity index (χ3v) is 4.33. The van der Waals surface area contributed by atoms with E-state index >= 15 is 0 Å². The molecular weight excluding hydrogens is 364 g/mol. The Morgan fingerprint density at radius 2 is 1.67 bits per heavy atom. The van der Waals surface area contributed by atoms with Crippen molar-refractivity contribution in [2.45, 2.75) is 13.8 Å². The number of hydrogen-bond donors (Lipinski definition) is 2. The summed E-state index contributed by atoms with van der Waals surface area (Å²) in [5.41, 5.74) is 3.97. The van der Waals surface area contributed by atoms with E-state index in [1.807, 2.05) is 13.0 Å². The molecule has 0 saturated heterocycles. The molecule has 0 amide bonds. The molecule has 0 fully saturated rings. The van der Waals surface area contributed by atoms with Gasteiger partial charge in [-0.15, -0.1) is 0 Å². The lowest BCUT2D eigenvalue weighted by molar-refractivity contribution is 0.405. The van der Waals surface area contributed by atoms with Crippen LogP contribution in [0.15, 0.2) is 42.6 Å². The van der Waals surface area contributed by atoms with E-state index in [0.717, 1.165) is 11.3 Å². The maximum atomic E-state index is 6.15. The summed E-state index contributed by atoms with van der Waals surface area (Å²) in [7, 11) is 3.13. The molecule has 0 atom stereocenters. The molecule has 27 heavy (non-hydrogen) atoms. The van der Waals surface area contributed by atoms with Crippen molar-refractivity contribution in [1.29, 1.82) is 0 Å². The molecule has 140 valence electrons. The average molecular weight is 385 g/mol. The molecule has 2 N–H and O–H groups in total. The predicted octanol–water partition coefficient (Wildman–Crippen LogP) is 5.25. The molecule has 0 spiro atoms. The smallest absolute Gasteiger partial charge is 0.229 e. The summed E-state index contributed by atoms with van der Waals surface area (Å²) in [4.78, 5) is 8.80. The van der Waals surface area contributed by atoms with Crippen LogP contribution in [0, 0.1) is 13.8 Å². The number of halogens is 1. The van der Waals surface area contributed by atoms with E-state index in [1.165, 1.54) is 5.56 Å². The van der Waals surface area contributed by atoms with Gasteiger partial charge in [0.1, 0.15) is 17.3 Å². The Kier molecular flexibility index (Phi) is 5.66. The van der Waals surface area contributed by atoms with E-state index < -0.39 is 0 Å². The lowest BCUT2D eigenvalue weighted by Gasteiger charge is -2.14. The second-order valence-corrected chi connectivity index (χ2v) is 6.43. The Morgan fingerprint density at radius 1 is 0.889 bits per heavy atom. The molecule has 3 aromatic rings.